The first-order valence-corrected chi connectivity index (χ1v) is 6.40. The Labute approximate surface area is 107 Å². The van der Waals surface area contributed by atoms with Gasteiger partial charge >= 0.3 is 0 Å². The van der Waals surface area contributed by atoms with E-state index >= 15 is 0 Å². The van der Waals surface area contributed by atoms with Gasteiger partial charge < -0.3 is 5.32 Å². The van der Waals surface area contributed by atoms with Gasteiger partial charge in [-0.3, -0.25) is 0 Å². The molecule has 0 atom stereocenters. The fourth-order valence-corrected chi connectivity index (χ4v) is 2.21. The minimum absolute atomic E-state index is 0.590. The molecule has 0 saturated heterocycles. The molecule has 0 radical (unpaired) electrons. The second-order valence-corrected chi connectivity index (χ2v) is 4.61. The van der Waals surface area contributed by atoms with Crippen LogP contribution >= 0.6 is 0 Å². The fraction of sp³-hybridized carbons (Fsp3) is 0.267. The van der Waals surface area contributed by atoms with E-state index < -0.39 is 0 Å². The van der Waals surface area contributed by atoms with Crippen molar-refractivity contribution < 1.29 is 0 Å². The Kier molecular flexibility index (Phi) is 3.24. The average Bonchev–Trinajstić information content (AvgIpc) is 3.09. The quantitative estimate of drug-likeness (QED) is 0.831. The first kappa shape index (κ1) is 11.2. The molecule has 0 spiro atoms. The smallest absolute Gasteiger partial charge is 0.0766 e. The maximum atomic E-state index is 4.58. The highest BCUT2D eigenvalue weighted by Gasteiger charge is 2.09. The number of para-hydroxylation sites is 1. The number of nitrogens with zero attached hydrogens (tertiary/aromatic N) is 2. The van der Waals surface area contributed by atoms with Gasteiger partial charge in [-0.2, -0.15) is 5.10 Å². The van der Waals surface area contributed by atoms with Gasteiger partial charge in [0.05, 0.1) is 11.4 Å². The van der Waals surface area contributed by atoms with Crippen LogP contribution in [0.4, 0.5) is 0 Å². The molecule has 0 saturated carbocycles. The monoisotopic (exact) mass is 239 g/mol. The van der Waals surface area contributed by atoms with Crippen molar-refractivity contribution >= 4 is 0 Å². The van der Waals surface area contributed by atoms with Crippen LogP contribution in [0.2, 0.25) is 0 Å². The predicted molar refractivity (Wildman–Crippen MR) is 72.6 cm³/mol. The zero-order valence-corrected chi connectivity index (χ0v) is 10.3. The molecular formula is C15H17N3. The van der Waals surface area contributed by atoms with Gasteiger partial charge in [-0.15, -0.1) is 0 Å². The molecule has 1 heterocycles. The van der Waals surface area contributed by atoms with Gasteiger partial charge in [0.25, 0.3) is 0 Å². The van der Waals surface area contributed by atoms with E-state index in [0.29, 0.717) is 6.04 Å². The minimum Gasteiger partial charge on any atom is -0.308 e. The summed E-state index contributed by atoms with van der Waals surface area (Å²) in [6.07, 6.45) is 8.76. The summed E-state index contributed by atoms with van der Waals surface area (Å²) >= 11 is 0. The molecule has 3 rings (SSSR count). The topological polar surface area (TPSA) is 29.9 Å². The SMILES string of the molecule is C1=CCC(NCc2ccn(-c3ccccc3)n2)C1. The highest BCUT2D eigenvalue weighted by molar-refractivity contribution is 5.30. The Balaban J connectivity index is 1.63. The number of hydrogen-bond acceptors (Lipinski definition) is 2. The van der Waals surface area contributed by atoms with Crippen LogP contribution in [0, 0.1) is 0 Å². The molecule has 3 heteroatoms. The van der Waals surface area contributed by atoms with Gasteiger partial charge in [0.15, 0.2) is 0 Å². The van der Waals surface area contributed by atoms with Crippen molar-refractivity contribution in [3.63, 3.8) is 0 Å². The van der Waals surface area contributed by atoms with Crippen LogP contribution in [0.1, 0.15) is 18.5 Å². The molecule has 0 fully saturated rings. The molecule has 0 amide bonds. The highest BCUT2D eigenvalue weighted by atomic mass is 15.3. The van der Waals surface area contributed by atoms with Crippen molar-refractivity contribution in [3.05, 3.63) is 60.4 Å². The van der Waals surface area contributed by atoms with Crippen molar-refractivity contribution in [2.45, 2.75) is 25.4 Å². The standard InChI is InChI=1S/C15H17N3/c1-2-8-15(9-3-1)18-11-10-14(17-18)12-16-13-6-4-5-7-13/h1-5,8-11,13,16H,6-7,12H2. The van der Waals surface area contributed by atoms with Crippen LogP contribution in [0.25, 0.3) is 5.69 Å². The lowest BCUT2D eigenvalue weighted by Crippen LogP contribution is -2.25. The maximum absolute atomic E-state index is 4.58. The molecule has 1 aromatic carbocycles. The van der Waals surface area contributed by atoms with E-state index in [1.54, 1.807) is 0 Å². The van der Waals surface area contributed by atoms with Crippen molar-refractivity contribution in [2.24, 2.45) is 0 Å². The highest BCUT2D eigenvalue weighted by Crippen LogP contribution is 2.11. The summed E-state index contributed by atoms with van der Waals surface area (Å²) < 4.78 is 1.92. The number of rotatable bonds is 4. The third-order valence-electron chi connectivity index (χ3n) is 3.24. The summed E-state index contributed by atoms with van der Waals surface area (Å²) in [5.74, 6) is 0. The molecular weight excluding hydrogens is 222 g/mol. The Morgan fingerprint density at radius 3 is 2.67 bits per heavy atom. The van der Waals surface area contributed by atoms with E-state index in [1.807, 2.05) is 29.1 Å². The van der Waals surface area contributed by atoms with Crippen molar-refractivity contribution in [3.8, 4) is 5.69 Å². The van der Waals surface area contributed by atoms with E-state index in [2.05, 4.69) is 40.8 Å². The fourth-order valence-electron chi connectivity index (χ4n) is 2.21. The van der Waals surface area contributed by atoms with Gasteiger partial charge in [-0.25, -0.2) is 4.68 Å². The number of nitrogens with one attached hydrogen (secondary N) is 1. The molecule has 2 aromatic rings. The summed E-state index contributed by atoms with van der Waals surface area (Å²) in [5.41, 5.74) is 2.19. The number of aromatic nitrogens is 2. The van der Waals surface area contributed by atoms with Gasteiger partial charge in [0, 0.05) is 18.8 Å². The van der Waals surface area contributed by atoms with Crippen LogP contribution in [0.5, 0.6) is 0 Å². The zero-order chi connectivity index (χ0) is 12.2. The number of benzene rings is 1. The van der Waals surface area contributed by atoms with Crippen LogP contribution in [-0.4, -0.2) is 15.8 Å². The third kappa shape index (κ3) is 2.51. The van der Waals surface area contributed by atoms with E-state index in [9.17, 15) is 0 Å². The summed E-state index contributed by atoms with van der Waals surface area (Å²) in [6.45, 7) is 0.839. The Morgan fingerprint density at radius 2 is 1.89 bits per heavy atom. The van der Waals surface area contributed by atoms with E-state index in [1.165, 1.54) is 0 Å². The first-order chi connectivity index (χ1) is 8.92. The van der Waals surface area contributed by atoms with Gasteiger partial charge in [-0.05, 0) is 31.0 Å². The third-order valence-corrected chi connectivity index (χ3v) is 3.24. The molecule has 18 heavy (non-hydrogen) atoms. The van der Waals surface area contributed by atoms with E-state index in [-0.39, 0.29) is 0 Å². The minimum atomic E-state index is 0.590. The molecule has 0 aliphatic heterocycles. The lowest BCUT2D eigenvalue weighted by molar-refractivity contribution is 0.531. The summed E-state index contributed by atoms with van der Waals surface area (Å²) in [7, 11) is 0. The lowest BCUT2D eigenvalue weighted by Gasteiger charge is -2.09. The van der Waals surface area contributed by atoms with E-state index in [0.717, 1.165) is 30.8 Å². The van der Waals surface area contributed by atoms with Crippen molar-refractivity contribution in [2.75, 3.05) is 0 Å². The maximum Gasteiger partial charge on any atom is 0.0766 e. The molecule has 3 nitrogen and oxygen atoms in total. The average molecular weight is 239 g/mol. The summed E-state index contributed by atoms with van der Waals surface area (Å²) in [4.78, 5) is 0. The Hall–Kier alpha value is -1.87. The lowest BCUT2D eigenvalue weighted by atomic mass is 10.2. The molecule has 1 aliphatic rings. The normalized spacial score (nSPS) is 15.3. The van der Waals surface area contributed by atoms with Crippen molar-refractivity contribution in [1.29, 1.82) is 0 Å². The Bertz CT molecular complexity index is 520. The number of hydrogen-bond donors (Lipinski definition) is 1. The van der Waals surface area contributed by atoms with Crippen LogP contribution in [0.15, 0.2) is 54.7 Å². The van der Waals surface area contributed by atoms with Gasteiger partial charge in [-0.1, -0.05) is 30.4 Å². The molecule has 1 N–H and O–H groups in total. The van der Waals surface area contributed by atoms with Crippen LogP contribution in [-0.2, 0) is 6.54 Å². The van der Waals surface area contributed by atoms with Crippen LogP contribution in [0.3, 0.4) is 0 Å². The second kappa shape index (κ2) is 5.19. The Morgan fingerprint density at radius 1 is 1.11 bits per heavy atom. The largest absolute Gasteiger partial charge is 0.308 e. The predicted octanol–water partition coefficient (Wildman–Crippen LogP) is 2.68. The van der Waals surface area contributed by atoms with E-state index in [4.69, 9.17) is 0 Å². The summed E-state index contributed by atoms with van der Waals surface area (Å²) in [5, 5.41) is 8.10. The first-order valence-electron chi connectivity index (χ1n) is 6.40. The van der Waals surface area contributed by atoms with Gasteiger partial charge in [0.1, 0.15) is 0 Å². The molecule has 0 unspecified atom stereocenters. The van der Waals surface area contributed by atoms with Gasteiger partial charge in [0.2, 0.25) is 0 Å². The van der Waals surface area contributed by atoms with Crippen LogP contribution < -0.4 is 5.32 Å². The summed E-state index contributed by atoms with van der Waals surface area (Å²) in [6, 6.07) is 12.9. The molecule has 92 valence electrons. The van der Waals surface area contributed by atoms with Crippen molar-refractivity contribution in [1.82, 2.24) is 15.1 Å². The molecule has 0 bridgehead atoms. The molecule has 1 aliphatic carbocycles. The molecule has 1 aromatic heterocycles. The zero-order valence-electron chi connectivity index (χ0n) is 10.3. The second-order valence-electron chi connectivity index (χ2n) is 4.61.